The highest BCUT2D eigenvalue weighted by Crippen LogP contribution is 2.23. The Balaban J connectivity index is 1.67. The summed E-state index contributed by atoms with van der Waals surface area (Å²) >= 11 is -1.53. The molecular weight excluding hydrogens is 767 g/mol. The highest BCUT2D eigenvalue weighted by Gasteiger charge is 2.44. The van der Waals surface area contributed by atoms with E-state index in [4.69, 9.17) is 14.2 Å². The van der Waals surface area contributed by atoms with Gasteiger partial charge >= 0.3 is 6.09 Å². The third kappa shape index (κ3) is 22.9. The molecule has 0 aromatic rings. The lowest BCUT2D eigenvalue weighted by molar-refractivity contribution is -0.303. The summed E-state index contributed by atoms with van der Waals surface area (Å²) in [6.07, 6.45) is 13.1. The van der Waals surface area contributed by atoms with Gasteiger partial charge in [-0.05, 0) is 53.0 Å². The second-order valence-electron chi connectivity index (χ2n) is 17.7. The van der Waals surface area contributed by atoms with Crippen molar-refractivity contribution in [2.45, 2.75) is 217 Å². The van der Waals surface area contributed by atoms with Gasteiger partial charge in [0.25, 0.3) is 0 Å². The Morgan fingerprint density at radius 3 is 1.83 bits per heavy atom. The third-order valence-corrected chi connectivity index (χ3v) is 12.5. The first-order chi connectivity index (χ1) is 27.8. The van der Waals surface area contributed by atoms with E-state index < -0.39 is 72.5 Å². The van der Waals surface area contributed by atoms with Crippen LogP contribution in [-0.4, -0.2) is 157 Å². The Kier molecular flexibility index (Phi) is 28.6. The van der Waals surface area contributed by atoms with Crippen molar-refractivity contribution in [1.82, 2.24) is 14.5 Å². The molecule has 0 aromatic carbocycles. The van der Waals surface area contributed by atoms with Crippen molar-refractivity contribution >= 4 is 17.5 Å². The first kappa shape index (κ1) is 53.3. The number of amides is 1. The largest absolute Gasteiger partial charge is 0.598 e. The molecule has 2 aliphatic heterocycles. The molecule has 2 rings (SSSR count). The Bertz CT molecular complexity index is 1020. The van der Waals surface area contributed by atoms with Crippen LogP contribution in [0, 0.1) is 0 Å². The number of nitrogens with zero attached hydrogens (tertiary/aromatic N) is 2. The van der Waals surface area contributed by atoms with Gasteiger partial charge in [-0.25, -0.2) is 4.79 Å². The summed E-state index contributed by atoms with van der Waals surface area (Å²) in [6.45, 7) is 11.2. The molecule has 0 radical (unpaired) electrons. The summed E-state index contributed by atoms with van der Waals surface area (Å²) in [5, 5.41) is 62.4. The van der Waals surface area contributed by atoms with Crippen molar-refractivity contribution in [1.29, 1.82) is 0 Å². The Labute approximate surface area is 354 Å². The second-order valence-corrected chi connectivity index (χ2v) is 19.0. The molecule has 0 spiro atoms. The molecule has 58 heavy (non-hydrogen) atoms. The first-order valence-corrected chi connectivity index (χ1v) is 24.2. The smallest absolute Gasteiger partial charge is 0.410 e. The average Bonchev–Trinajstić information content (AvgIpc) is 3.19. The van der Waals surface area contributed by atoms with Gasteiger partial charge in [0, 0.05) is 37.5 Å². The molecule has 0 saturated carbocycles. The van der Waals surface area contributed by atoms with E-state index >= 15 is 0 Å². The number of hydrogen-bond acceptors (Lipinski definition) is 13. The van der Waals surface area contributed by atoms with Gasteiger partial charge in [-0.3, -0.25) is 4.90 Å². The number of hydrogen-bond donors (Lipinski definition) is 7. The van der Waals surface area contributed by atoms with Crippen LogP contribution in [0.4, 0.5) is 4.79 Å². The van der Waals surface area contributed by atoms with E-state index in [-0.39, 0.29) is 12.7 Å². The fourth-order valence-corrected chi connectivity index (χ4v) is 8.71. The molecule has 2 aliphatic rings. The number of aliphatic hydroxyl groups excluding tert-OH is 6. The Morgan fingerprint density at radius 1 is 0.776 bits per heavy atom. The summed E-state index contributed by atoms with van der Waals surface area (Å²) < 4.78 is 32.7. The standard InChI is InChI=1S/C43H85N3O11S/c1-5-6-7-8-9-10-11-12-13-16-19-22-25-35(48)37(49)34(33-55-41-40(52)39(51)38(50)36(32-47)56-41)44-58(54)31-24-21-18-15-14-17-20-23-26-45-27-29-46(30-28-45)42(53)57-43(2,3)4/h34-41,44,47-52H,5-33H2,1-4H3/t34-,35+,36?,37-,38?,39?,40?,41?,58?/m0/s1. The highest BCUT2D eigenvalue weighted by molar-refractivity contribution is 7.89. The quantitative estimate of drug-likeness (QED) is 0.0355. The van der Waals surface area contributed by atoms with E-state index in [0.717, 1.165) is 83.8 Å². The summed E-state index contributed by atoms with van der Waals surface area (Å²) in [4.78, 5) is 16.5. The van der Waals surface area contributed by atoms with Crippen LogP contribution >= 0.6 is 0 Å². The molecule has 344 valence electrons. The van der Waals surface area contributed by atoms with Gasteiger partial charge < -0.3 is 54.3 Å². The average molecular weight is 852 g/mol. The van der Waals surface area contributed by atoms with E-state index in [0.29, 0.717) is 25.3 Å². The minimum Gasteiger partial charge on any atom is -0.598 e. The van der Waals surface area contributed by atoms with Crippen molar-refractivity contribution < 1.29 is 54.2 Å². The molecule has 6 unspecified atom stereocenters. The van der Waals surface area contributed by atoms with Gasteiger partial charge in [0.2, 0.25) is 0 Å². The zero-order valence-electron chi connectivity index (χ0n) is 36.7. The lowest BCUT2D eigenvalue weighted by atomic mass is 9.99. The maximum Gasteiger partial charge on any atom is 0.410 e. The molecule has 0 aromatic heterocycles. The molecule has 15 heteroatoms. The van der Waals surface area contributed by atoms with Crippen LogP contribution in [0.25, 0.3) is 0 Å². The van der Waals surface area contributed by atoms with E-state index in [1.807, 2.05) is 20.8 Å². The normalized spacial score (nSPS) is 24.1. The number of rotatable bonds is 32. The summed E-state index contributed by atoms with van der Waals surface area (Å²) in [6, 6.07) is -0.964. The van der Waals surface area contributed by atoms with Gasteiger partial charge in [0.1, 0.15) is 47.9 Å². The number of piperazine rings is 1. The number of carbonyl (C=O) groups is 1. The SMILES string of the molecule is CCCCCCCCCCCCCC[C@@H](O)[C@@H](O)[C@H](COC1OC(CO)C(O)C(O)C1O)N[S+]([O-])CCCCCCCCCCN1CCN(C(=O)OC(C)(C)C)CC1. The van der Waals surface area contributed by atoms with E-state index in [1.54, 1.807) is 4.90 Å². The van der Waals surface area contributed by atoms with Gasteiger partial charge in [0.05, 0.1) is 19.3 Å². The summed E-state index contributed by atoms with van der Waals surface area (Å²) in [5.74, 6) is 0.360. The molecule has 0 aliphatic carbocycles. The number of carbonyl (C=O) groups excluding carboxylic acids is 1. The first-order valence-electron chi connectivity index (χ1n) is 22.9. The van der Waals surface area contributed by atoms with Crippen molar-refractivity contribution in [2.24, 2.45) is 0 Å². The predicted octanol–water partition coefficient (Wildman–Crippen LogP) is 4.91. The van der Waals surface area contributed by atoms with Crippen molar-refractivity contribution in [3.05, 3.63) is 0 Å². The van der Waals surface area contributed by atoms with Crippen LogP contribution in [0.5, 0.6) is 0 Å². The highest BCUT2D eigenvalue weighted by atomic mass is 32.2. The lowest BCUT2D eigenvalue weighted by Crippen LogP contribution is -2.60. The van der Waals surface area contributed by atoms with Gasteiger partial charge in [-0.15, -0.1) is 4.72 Å². The molecule has 9 atom stereocenters. The molecule has 2 saturated heterocycles. The molecule has 1 amide bonds. The minimum atomic E-state index is -1.61. The second kappa shape index (κ2) is 31.1. The topological polar surface area (TPSA) is 208 Å². The maximum absolute atomic E-state index is 13.1. The summed E-state index contributed by atoms with van der Waals surface area (Å²) in [7, 11) is 0. The fraction of sp³-hybridized carbons (Fsp3) is 0.977. The summed E-state index contributed by atoms with van der Waals surface area (Å²) in [5.41, 5.74) is -0.477. The monoisotopic (exact) mass is 852 g/mol. The minimum absolute atomic E-state index is 0.229. The van der Waals surface area contributed by atoms with Crippen LogP contribution in [0.2, 0.25) is 0 Å². The third-order valence-electron chi connectivity index (χ3n) is 11.3. The molecule has 0 bridgehead atoms. The Morgan fingerprint density at radius 2 is 1.29 bits per heavy atom. The van der Waals surface area contributed by atoms with Crippen LogP contribution in [-0.2, 0) is 25.6 Å². The van der Waals surface area contributed by atoms with E-state index in [2.05, 4.69) is 16.5 Å². The van der Waals surface area contributed by atoms with E-state index in [9.17, 15) is 40.0 Å². The number of nitrogens with one attached hydrogen (secondary N) is 1. The van der Waals surface area contributed by atoms with E-state index in [1.165, 1.54) is 64.2 Å². The lowest BCUT2D eigenvalue weighted by Gasteiger charge is -2.40. The van der Waals surface area contributed by atoms with Gasteiger partial charge in [0.15, 0.2) is 6.29 Å². The zero-order chi connectivity index (χ0) is 42.8. The van der Waals surface area contributed by atoms with Crippen LogP contribution in [0.1, 0.15) is 163 Å². The molecular formula is C43H85N3O11S. The van der Waals surface area contributed by atoms with Crippen LogP contribution < -0.4 is 4.72 Å². The maximum atomic E-state index is 13.1. The van der Waals surface area contributed by atoms with Crippen LogP contribution in [0.3, 0.4) is 0 Å². The molecule has 2 fully saturated rings. The van der Waals surface area contributed by atoms with Crippen molar-refractivity contribution in [2.75, 3.05) is 51.7 Å². The van der Waals surface area contributed by atoms with Crippen LogP contribution in [0.15, 0.2) is 0 Å². The number of unbranched alkanes of at least 4 members (excludes halogenated alkanes) is 18. The van der Waals surface area contributed by atoms with Crippen molar-refractivity contribution in [3.8, 4) is 0 Å². The van der Waals surface area contributed by atoms with Crippen molar-refractivity contribution in [3.63, 3.8) is 0 Å². The molecule has 7 N–H and O–H groups in total. The number of ether oxygens (including phenoxy) is 3. The Hall–Kier alpha value is -0.820. The molecule has 2 heterocycles. The zero-order valence-corrected chi connectivity index (χ0v) is 37.5. The van der Waals surface area contributed by atoms with Gasteiger partial charge in [-0.2, -0.15) is 0 Å². The van der Waals surface area contributed by atoms with Gasteiger partial charge in [-0.1, -0.05) is 116 Å². The number of aliphatic hydroxyl groups is 6. The fourth-order valence-electron chi connectivity index (χ4n) is 7.58. The predicted molar refractivity (Wildman–Crippen MR) is 229 cm³/mol. The molecule has 14 nitrogen and oxygen atoms in total.